The molecule has 0 saturated carbocycles. The predicted molar refractivity (Wildman–Crippen MR) is 74.1 cm³/mol. The molecular weight excluding hydrogens is 248 g/mol. The number of amides is 1. The van der Waals surface area contributed by atoms with Gasteiger partial charge < -0.3 is 5.32 Å². The molecule has 0 fully saturated rings. The summed E-state index contributed by atoms with van der Waals surface area (Å²) in [4.78, 5) is 16.5. The van der Waals surface area contributed by atoms with Gasteiger partial charge >= 0.3 is 0 Å². The van der Waals surface area contributed by atoms with Gasteiger partial charge in [0.25, 0.3) is 5.91 Å². The van der Waals surface area contributed by atoms with Crippen LogP contribution in [0.2, 0.25) is 5.02 Å². The molecule has 0 aliphatic rings. The van der Waals surface area contributed by atoms with Crippen LogP contribution in [0.3, 0.4) is 0 Å². The second kappa shape index (κ2) is 4.94. The number of hydrogen-bond acceptors (Lipinski definition) is 2. The van der Waals surface area contributed by atoms with Crippen LogP contribution in [0.15, 0.2) is 24.3 Å². The van der Waals surface area contributed by atoms with Gasteiger partial charge in [-0.15, -0.1) is 0 Å². The van der Waals surface area contributed by atoms with Crippen LogP contribution in [-0.4, -0.2) is 16.9 Å². The van der Waals surface area contributed by atoms with Crippen LogP contribution in [0.4, 0.5) is 0 Å². The third-order valence-corrected chi connectivity index (χ3v) is 2.89. The van der Waals surface area contributed by atoms with Crippen molar-refractivity contribution in [1.29, 1.82) is 0 Å². The fourth-order valence-electron chi connectivity index (χ4n) is 1.87. The lowest BCUT2D eigenvalue weighted by Crippen LogP contribution is -2.30. The molecule has 0 aliphatic carbocycles. The number of carbonyl (C=O) groups is 1. The molecule has 0 atom stereocenters. The highest BCUT2D eigenvalue weighted by molar-refractivity contribution is 6.35. The highest BCUT2D eigenvalue weighted by Gasteiger charge is 2.13. The topological polar surface area (TPSA) is 42.0 Å². The Balaban J connectivity index is 2.63. The highest BCUT2D eigenvalue weighted by atomic mass is 35.5. The first-order chi connectivity index (χ1) is 8.49. The van der Waals surface area contributed by atoms with Gasteiger partial charge in [-0.25, -0.2) is 0 Å². The molecule has 1 aromatic heterocycles. The molecule has 0 aliphatic heterocycles. The maximum Gasteiger partial charge on any atom is 0.252 e. The van der Waals surface area contributed by atoms with Gasteiger partial charge in [0.05, 0.1) is 16.1 Å². The van der Waals surface area contributed by atoms with Crippen LogP contribution >= 0.6 is 11.6 Å². The minimum atomic E-state index is -0.0947. The fraction of sp³-hybridized carbons (Fsp3) is 0.286. The zero-order valence-electron chi connectivity index (χ0n) is 10.6. The number of aromatic nitrogens is 1. The molecule has 94 valence electrons. The smallest absolute Gasteiger partial charge is 0.252 e. The van der Waals surface area contributed by atoms with Crippen LogP contribution < -0.4 is 5.32 Å². The van der Waals surface area contributed by atoms with Gasteiger partial charge in [-0.3, -0.25) is 9.78 Å². The lowest BCUT2D eigenvalue weighted by molar-refractivity contribution is 0.0944. The summed E-state index contributed by atoms with van der Waals surface area (Å²) in [5.41, 5.74) is 2.08. The number of fused-ring (bicyclic) bond motifs is 1. The normalized spacial score (nSPS) is 10.9. The SMILES string of the molecule is Cc1cc(C(=O)NC(C)C)c2cccc(Cl)c2n1. The van der Waals surface area contributed by atoms with Crippen LogP contribution in [0, 0.1) is 6.92 Å². The minimum Gasteiger partial charge on any atom is -0.350 e. The Morgan fingerprint density at radius 2 is 2.11 bits per heavy atom. The Morgan fingerprint density at radius 3 is 2.78 bits per heavy atom. The first-order valence-corrected chi connectivity index (χ1v) is 6.23. The van der Waals surface area contributed by atoms with Crippen LogP contribution in [0.1, 0.15) is 29.9 Å². The van der Waals surface area contributed by atoms with E-state index in [4.69, 9.17) is 11.6 Å². The van der Waals surface area contributed by atoms with Crippen molar-refractivity contribution in [2.24, 2.45) is 0 Å². The van der Waals surface area contributed by atoms with E-state index in [-0.39, 0.29) is 11.9 Å². The number of nitrogens with one attached hydrogen (secondary N) is 1. The van der Waals surface area contributed by atoms with Crippen molar-refractivity contribution < 1.29 is 4.79 Å². The average Bonchev–Trinajstić information content (AvgIpc) is 2.28. The Hall–Kier alpha value is -1.61. The Morgan fingerprint density at radius 1 is 1.39 bits per heavy atom. The van der Waals surface area contributed by atoms with E-state index in [0.29, 0.717) is 16.1 Å². The van der Waals surface area contributed by atoms with Gasteiger partial charge in [0.15, 0.2) is 0 Å². The number of halogens is 1. The van der Waals surface area contributed by atoms with E-state index in [1.165, 1.54) is 0 Å². The molecule has 0 radical (unpaired) electrons. The van der Waals surface area contributed by atoms with Gasteiger partial charge in [-0.2, -0.15) is 0 Å². The lowest BCUT2D eigenvalue weighted by Gasteiger charge is -2.11. The van der Waals surface area contributed by atoms with E-state index < -0.39 is 0 Å². The number of benzene rings is 1. The third-order valence-electron chi connectivity index (χ3n) is 2.58. The monoisotopic (exact) mass is 262 g/mol. The zero-order chi connectivity index (χ0) is 13.3. The summed E-state index contributed by atoms with van der Waals surface area (Å²) in [7, 11) is 0. The number of hydrogen-bond donors (Lipinski definition) is 1. The van der Waals surface area contributed by atoms with E-state index in [1.54, 1.807) is 12.1 Å². The molecule has 2 rings (SSSR count). The standard InChI is InChI=1S/C14H15ClN2O/c1-8(2)16-14(18)11-7-9(3)17-13-10(11)5-4-6-12(13)15/h4-8H,1-3H3,(H,16,18). The quantitative estimate of drug-likeness (QED) is 0.902. The molecule has 1 N–H and O–H groups in total. The van der Waals surface area contributed by atoms with E-state index in [1.807, 2.05) is 32.9 Å². The molecule has 1 amide bonds. The van der Waals surface area contributed by atoms with Crippen LogP contribution in [0.25, 0.3) is 10.9 Å². The molecule has 1 heterocycles. The first-order valence-electron chi connectivity index (χ1n) is 5.86. The van der Waals surface area contributed by atoms with E-state index in [0.717, 1.165) is 11.1 Å². The molecule has 0 spiro atoms. The minimum absolute atomic E-state index is 0.0947. The number of para-hydroxylation sites is 1. The molecule has 2 aromatic rings. The molecule has 4 heteroatoms. The molecule has 3 nitrogen and oxygen atoms in total. The van der Waals surface area contributed by atoms with E-state index >= 15 is 0 Å². The van der Waals surface area contributed by atoms with Crippen molar-refractivity contribution in [3.8, 4) is 0 Å². The molecule has 1 aromatic carbocycles. The fourth-order valence-corrected chi connectivity index (χ4v) is 2.09. The second-order valence-electron chi connectivity index (χ2n) is 4.58. The third kappa shape index (κ3) is 2.46. The first kappa shape index (κ1) is 12.8. The zero-order valence-corrected chi connectivity index (χ0v) is 11.4. The summed E-state index contributed by atoms with van der Waals surface area (Å²) in [5, 5.41) is 4.24. The Labute approximate surface area is 111 Å². The maximum absolute atomic E-state index is 12.2. The maximum atomic E-state index is 12.2. The number of carbonyl (C=O) groups excluding carboxylic acids is 1. The van der Waals surface area contributed by atoms with Gasteiger partial charge in [-0.1, -0.05) is 23.7 Å². The molecule has 18 heavy (non-hydrogen) atoms. The Bertz CT molecular complexity index is 608. The van der Waals surface area contributed by atoms with Crippen molar-refractivity contribution in [2.45, 2.75) is 26.8 Å². The second-order valence-corrected chi connectivity index (χ2v) is 4.98. The van der Waals surface area contributed by atoms with Gasteiger partial charge in [0.2, 0.25) is 0 Å². The van der Waals surface area contributed by atoms with E-state index in [9.17, 15) is 4.79 Å². The van der Waals surface area contributed by atoms with Gasteiger partial charge in [0.1, 0.15) is 0 Å². The summed E-state index contributed by atoms with van der Waals surface area (Å²) in [6.45, 7) is 5.72. The van der Waals surface area contributed by atoms with Crippen molar-refractivity contribution in [1.82, 2.24) is 10.3 Å². The highest BCUT2D eigenvalue weighted by Crippen LogP contribution is 2.25. The van der Waals surface area contributed by atoms with Crippen molar-refractivity contribution >= 4 is 28.4 Å². The van der Waals surface area contributed by atoms with Crippen LogP contribution in [-0.2, 0) is 0 Å². The Kier molecular flexibility index (Phi) is 3.53. The molecule has 0 saturated heterocycles. The van der Waals surface area contributed by atoms with Crippen LogP contribution in [0.5, 0.6) is 0 Å². The van der Waals surface area contributed by atoms with Gasteiger partial charge in [0, 0.05) is 17.1 Å². The lowest BCUT2D eigenvalue weighted by atomic mass is 10.1. The van der Waals surface area contributed by atoms with Crippen molar-refractivity contribution in [2.75, 3.05) is 0 Å². The molecular formula is C14H15ClN2O. The number of nitrogens with zero attached hydrogens (tertiary/aromatic N) is 1. The van der Waals surface area contributed by atoms with Gasteiger partial charge in [-0.05, 0) is 32.9 Å². The average molecular weight is 263 g/mol. The largest absolute Gasteiger partial charge is 0.350 e. The molecule has 0 unspecified atom stereocenters. The summed E-state index contributed by atoms with van der Waals surface area (Å²) in [6, 6.07) is 7.35. The number of aryl methyl sites for hydroxylation is 1. The number of pyridine rings is 1. The summed E-state index contributed by atoms with van der Waals surface area (Å²) in [6.07, 6.45) is 0. The number of rotatable bonds is 2. The van der Waals surface area contributed by atoms with Crippen molar-refractivity contribution in [3.63, 3.8) is 0 Å². The summed E-state index contributed by atoms with van der Waals surface area (Å²) < 4.78 is 0. The predicted octanol–water partition coefficient (Wildman–Crippen LogP) is 3.33. The van der Waals surface area contributed by atoms with E-state index in [2.05, 4.69) is 10.3 Å². The van der Waals surface area contributed by atoms with Crippen molar-refractivity contribution in [3.05, 3.63) is 40.5 Å². The molecule has 0 bridgehead atoms. The summed E-state index contributed by atoms with van der Waals surface area (Å²) in [5.74, 6) is -0.0947. The summed E-state index contributed by atoms with van der Waals surface area (Å²) >= 11 is 6.12.